The van der Waals surface area contributed by atoms with Crippen molar-refractivity contribution in [1.29, 1.82) is 0 Å². The Morgan fingerprint density at radius 2 is 1.28 bits per heavy atom. The molecule has 3 rings (SSSR count). The van der Waals surface area contributed by atoms with Crippen molar-refractivity contribution in [2.45, 2.75) is 4.75 Å². The lowest BCUT2D eigenvalue weighted by atomic mass is 9.83. The molecule has 0 aliphatic heterocycles. The maximum Gasteiger partial charge on any atom is 0.283 e. The van der Waals surface area contributed by atoms with Crippen LogP contribution in [-0.4, -0.2) is 23.2 Å². The van der Waals surface area contributed by atoms with Gasteiger partial charge in [-0.2, -0.15) is 8.42 Å². The third kappa shape index (κ3) is 3.89. The van der Waals surface area contributed by atoms with Crippen LogP contribution in [0.25, 0.3) is 0 Å². The fourth-order valence-corrected chi connectivity index (χ4v) is 5.98. The SMILES string of the molecule is O=S(=O)(O)C(c1cccc(O)c1)(c1cc(Cl)cc(Cl)c1)c1c(Cl)cc(O)cc1Cl. The van der Waals surface area contributed by atoms with Crippen LogP contribution in [0.4, 0.5) is 0 Å². The average Bonchev–Trinajstić information content (AvgIpc) is 2.55. The van der Waals surface area contributed by atoms with Gasteiger partial charge in [0, 0.05) is 15.6 Å². The maximum atomic E-state index is 13.0. The van der Waals surface area contributed by atoms with E-state index in [9.17, 15) is 23.2 Å². The van der Waals surface area contributed by atoms with Crippen LogP contribution < -0.4 is 0 Å². The first-order chi connectivity index (χ1) is 13.5. The Morgan fingerprint density at radius 1 is 0.724 bits per heavy atom. The molecule has 3 N–H and O–H groups in total. The molecular weight excluding hydrogens is 482 g/mol. The molecule has 0 bridgehead atoms. The summed E-state index contributed by atoms with van der Waals surface area (Å²) < 4.78 is 34.1. The Labute approximate surface area is 186 Å². The molecule has 5 nitrogen and oxygen atoms in total. The summed E-state index contributed by atoms with van der Waals surface area (Å²) >= 11 is 24.8. The van der Waals surface area contributed by atoms with Crippen LogP contribution in [0.5, 0.6) is 11.5 Å². The Balaban J connectivity index is 2.63. The summed E-state index contributed by atoms with van der Waals surface area (Å²) in [6, 6.07) is 11.3. The number of phenols is 2. The van der Waals surface area contributed by atoms with Gasteiger partial charge in [0.2, 0.25) is 0 Å². The minimum Gasteiger partial charge on any atom is -0.508 e. The molecule has 0 heterocycles. The second kappa shape index (κ2) is 7.87. The second-order valence-electron chi connectivity index (χ2n) is 6.15. The van der Waals surface area contributed by atoms with E-state index >= 15 is 0 Å². The van der Waals surface area contributed by atoms with Crippen molar-refractivity contribution < 1.29 is 23.2 Å². The van der Waals surface area contributed by atoms with Crippen LogP contribution >= 0.6 is 46.4 Å². The van der Waals surface area contributed by atoms with Crippen molar-refractivity contribution in [2.75, 3.05) is 0 Å². The first-order valence-electron chi connectivity index (χ1n) is 7.88. The number of benzene rings is 3. The Morgan fingerprint density at radius 3 is 1.76 bits per heavy atom. The van der Waals surface area contributed by atoms with Crippen LogP contribution in [-0.2, 0) is 14.9 Å². The van der Waals surface area contributed by atoms with Gasteiger partial charge in [0.1, 0.15) is 11.5 Å². The van der Waals surface area contributed by atoms with E-state index in [1.807, 2.05) is 0 Å². The smallest absolute Gasteiger partial charge is 0.283 e. The lowest BCUT2D eigenvalue weighted by Gasteiger charge is -2.34. The van der Waals surface area contributed by atoms with E-state index in [1.54, 1.807) is 0 Å². The average molecular weight is 494 g/mol. The van der Waals surface area contributed by atoms with Crippen LogP contribution in [0.1, 0.15) is 16.7 Å². The zero-order valence-electron chi connectivity index (χ0n) is 14.3. The minimum atomic E-state index is -5.07. The molecule has 3 aromatic carbocycles. The van der Waals surface area contributed by atoms with Gasteiger partial charge in [-0.15, -0.1) is 0 Å². The summed E-state index contributed by atoms with van der Waals surface area (Å²) in [4.78, 5) is 0. The zero-order chi connectivity index (χ0) is 21.6. The molecule has 152 valence electrons. The predicted octanol–water partition coefficient (Wildman–Crippen LogP) is 5.89. The third-order valence-electron chi connectivity index (χ3n) is 4.29. The van der Waals surface area contributed by atoms with Gasteiger partial charge in [-0.05, 0) is 53.6 Å². The van der Waals surface area contributed by atoms with Gasteiger partial charge in [0.15, 0.2) is 4.75 Å². The molecule has 0 aliphatic rings. The topological polar surface area (TPSA) is 94.8 Å². The molecule has 29 heavy (non-hydrogen) atoms. The molecule has 3 aromatic rings. The molecular formula is C19H12Cl4O5S. The van der Waals surface area contributed by atoms with Crippen LogP contribution in [0.2, 0.25) is 20.1 Å². The Bertz CT molecular complexity index is 1170. The minimum absolute atomic E-state index is 0.0717. The van der Waals surface area contributed by atoms with E-state index in [-0.39, 0.29) is 48.3 Å². The first-order valence-corrected chi connectivity index (χ1v) is 10.8. The summed E-state index contributed by atoms with van der Waals surface area (Å²) in [6.07, 6.45) is 0. The predicted molar refractivity (Wildman–Crippen MR) is 114 cm³/mol. The van der Waals surface area contributed by atoms with E-state index in [0.29, 0.717) is 0 Å². The molecule has 0 aliphatic carbocycles. The number of phenolic OH excluding ortho intramolecular Hbond substituents is 2. The standard InChI is InChI=1S/C19H12Cl4O5S/c20-12-4-11(5-13(21)7-12)19(29(26,27)28,10-2-1-3-14(24)6-10)18-16(22)8-15(25)9-17(18)23/h1-9,24-25H,(H,26,27,28). The highest BCUT2D eigenvalue weighted by atomic mass is 35.5. The van der Waals surface area contributed by atoms with Crippen LogP contribution in [0, 0.1) is 0 Å². The van der Waals surface area contributed by atoms with Gasteiger partial charge in [-0.25, -0.2) is 0 Å². The molecule has 0 amide bonds. The molecule has 0 saturated carbocycles. The second-order valence-corrected chi connectivity index (χ2v) is 9.40. The van der Waals surface area contributed by atoms with Gasteiger partial charge in [0.05, 0.1) is 10.0 Å². The molecule has 0 aromatic heterocycles. The van der Waals surface area contributed by atoms with Crippen molar-refractivity contribution in [3.63, 3.8) is 0 Å². The monoisotopic (exact) mass is 492 g/mol. The summed E-state index contributed by atoms with van der Waals surface area (Å²) in [5.74, 6) is -0.581. The highest BCUT2D eigenvalue weighted by Gasteiger charge is 2.51. The number of rotatable bonds is 4. The lowest BCUT2D eigenvalue weighted by molar-refractivity contribution is 0.455. The van der Waals surface area contributed by atoms with Crippen molar-refractivity contribution in [3.8, 4) is 11.5 Å². The maximum absolute atomic E-state index is 13.0. The fourth-order valence-electron chi connectivity index (χ4n) is 3.26. The number of aromatic hydroxyl groups is 2. The normalized spacial score (nSPS) is 13.8. The summed E-state index contributed by atoms with van der Waals surface area (Å²) in [7, 11) is -5.07. The highest BCUT2D eigenvalue weighted by molar-refractivity contribution is 7.87. The molecule has 10 heteroatoms. The number of hydrogen-bond acceptors (Lipinski definition) is 4. The van der Waals surface area contributed by atoms with Crippen molar-refractivity contribution >= 4 is 56.5 Å². The van der Waals surface area contributed by atoms with Crippen LogP contribution in [0.3, 0.4) is 0 Å². The molecule has 1 unspecified atom stereocenters. The Kier molecular flexibility index (Phi) is 5.98. The quantitative estimate of drug-likeness (QED) is 0.311. The number of halogens is 4. The van der Waals surface area contributed by atoms with E-state index in [2.05, 4.69) is 0 Å². The van der Waals surface area contributed by atoms with E-state index in [1.165, 1.54) is 36.4 Å². The van der Waals surface area contributed by atoms with E-state index < -0.39 is 14.9 Å². The Hall–Kier alpha value is -1.67. The lowest BCUT2D eigenvalue weighted by Crippen LogP contribution is -2.39. The van der Waals surface area contributed by atoms with Crippen molar-refractivity contribution in [1.82, 2.24) is 0 Å². The number of hydrogen-bond donors (Lipinski definition) is 3. The molecule has 0 saturated heterocycles. The largest absolute Gasteiger partial charge is 0.508 e. The van der Waals surface area contributed by atoms with E-state index in [4.69, 9.17) is 46.4 Å². The first kappa shape index (κ1) is 22.0. The molecule has 1 atom stereocenters. The van der Waals surface area contributed by atoms with E-state index in [0.717, 1.165) is 18.2 Å². The van der Waals surface area contributed by atoms with Crippen molar-refractivity contribution in [2.24, 2.45) is 0 Å². The summed E-state index contributed by atoms with van der Waals surface area (Å²) in [6.45, 7) is 0. The molecule has 0 fully saturated rings. The van der Waals surface area contributed by atoms with Crippen LogP contribution in [0.15, 0.2) is 54.6 Å². The van der Waals surface area contributed by atoms with Gasteiger partial charge in [-0.1, -0.05) is 58.5 Å². The van der Waals surface area contributed by atoms with Gasteiger partial charge < -0.3 is 10.2 Å². The fraction of sp³-hybridized carbons (Fsp3) is 0.0526. The highest BCUT2D eigenvalue weighted by Crippen LogP contribution is 2.51. The summed E-state index contributed by atoms with van der Waals surface area (Å²) in [5, 5.41) is 19.5. The molecule has 0 spiro atoms. The molecule has 0 radical (unpaired) electrons. The summed E-state index contributed by atoms with van der Waals surface area (Å²) in [5.41, 5.74) is -0.393. The van der Waals surface area contributed by atoms with Gasteiger partial charge in [-0.3, -0.25) is 4.55 Å². The zero-order valence-corrected chi connectivity index (χ0v) is 18.1. The van der Waals surface area contributed by atoms with Crippen molar-refractivity contribution in [3.05, 3.63) is 91.4 Å². The van der Waals surface area contributed by atoms with Gasteiger partial charge in [0.25, 0.3) is 10.1 Å². The third-order valence-corrected chi connectivity index (χ3v) is 6.77. The van der Waals surface area contributed by atoms with Gasteiger partial charge >= 0.3 is 0 Å².